The Balaban J connectivity index is 1.70. The molecule has 1 fully saturated rings. The maximum atomic E-state index is 12.3. The number of aryl methyl sites for hydroxylation is 3. The lowest BCUT2D eigenvalue weighted by Crippen LogP contribution is -2.38. The zero-order valence-corrected chi connectivity index (χ0v) is 13.4. The lowest BCUT2D eigenvalue weighted by molar-refractivity contribution is 0.247. The zero-order valence-electron chi connectivity index (χ0n) is 13.4. The van der Waals surface area contributed by atoms with Gasteiger partial charge in [-0.2, -0.15) is 0 Å². The predicted molar refractivity (Wildman–Crippen MR) is 90.2 cm³/mol. The summed E-state index contributed by atoms with van der Waals surface area (Å²) >= 11 is 0. The third-order valence-corrected chi connectivity index (χ3v) is 4.19. The van der Waals surface area contributed by atoms with Crippen LogP contribution >= 0.6 is 0 Å². The van der Waals surface area contributed by atoms with Gasteiger partial charge in [-0.05, 0) is 62.4 Å². The molecule has 0 spiro atoms. The van der Waals surface area contributed by atoms with Crippen LogP contribution in [0.25, 0.3) is 0 Å². The Morgan fingerprint density at radius 3 is 2.05 bits per heavy atom. The molecule has 2 aromatic carbocycles. The van der Waals surface area contributed by atoms with E-state index in [1.807, 2.05) is 26.0 Å². The number of hydrogen-bond donors (Lipinski definition) is 2. The van der Waals surface area contributed by atoms with Crippen LogP contribution in [0.1, 0.15) is 35.1 Å². The van der Waals surface area contributed by atoms with Crippen molar-refractivity contribution < 1.29 is 4.79 Å². The Bertz CT molecular complexity index is 680. The van der Waals surface area contributed by atoms with Crippen LogP contribution in [-0.2, 0) is 5.54 Å². The fraction of sp³-hybridized carbons (Fsp3) is 0.316. The highest BCUT2D eigenvalue weighted by Crippen LogP contribution is 2.45. The molecule has 3 nitrogen and oxygen atoms in total. The summed E-state index contributed by atoms with van der Waals surface area (Å²) in [6.45, 7) is 6.14. The molecule has 0 aliphatic heterocycles. The van der Waals surface area contributed by atoms with Crippen LogP contribution in [-0.4, -0.2) is 6.03 Å². The van der Waals surface area contributed by atoms with Crippen molar-refractivity contribution in [2.24, 2.45) is 0 Å². The number of anilines is 1. The highest BCUT2D eigenvalue weighted by molar-refractivity contribution is 5.90. The molecule has 3 heteroatoms. The molecule has 0 atom stereocenters. The highest BCUT2D eigenvalue weighted by atomic mass is 16.2. The third kappa shape index (κ3) is 3.14. The van der Waals surface area contributed by atoms with Crippen molar-refractivity contribution in [2.45, 2.75) is 39.2 Å². The van der Waals surface area contributed by atoms with Crippen LogP contribution in [0.4, 0.5) is 10.5 Å². The molecule has 0 radical (unpaired) electrons. The van der Waals surface area contributed by atoms with Crippen LogP contribution < -0.4 is 10.6 Å². The Morgan fingerprint density at radius 2 is 1.50 bits per heavy atom. The molecule has 0 bridgehead atoms. The first-order valence-electron chi connectivity index (χ1n) is 7.71. The Labute approximate surface area is 131 Å². The van der Waals surface area contributed by atoms with Crippen LogP contribution in [0.15, 0.2) is 42.5 Å². The number of nitrogens with one attached hydrogen (secondary N) is 2. The van der Waals surface area contributed by atoms with E-state index in [1.165, 1.54) is 11.1 Å². The maximum absolute atomic E-state index is 12.3. The summed E-state index contributed by atoms with van der Waals surface area (Å²) in [6, 6.07) is 14.3. The summed E-state index contributed by atoms with van der Waals surface area (Å²) in [5, 5.41) is 6.09. The average Bonchev–Trinajstić information content (AvgIpc) is 3.18. The fourth-order valence-corrected chi connectivity index (χ4v) is 2.91. The van der Waals surface area contributed by atoms with E-state index < -0.39 is 0 Å². The van der Waals surface area contributed by atoms with Crippen molar-refractivity contribution in [3.05, 3.63) is 64.7 Å². The lowest BCUT2D eigenvalue weighted by Gasteiger charge is -2.19. The first kappa shape index (κ1) is 14.6. The fourth-order valence-electron chi connectivity index (χ4n) is 2.91. The van der Waals surface area contributed by atoms with E-state index in [-0.39, 0.29) is 11.6 Å². The van der Waals surface area contributed by atoms with Crippen LogP contribution in [0, 0.1) is 20.8 Å². The summed E-state index contributed by atoms with van der Waals surface area (Å²) in [6.07, 6.45) is 1.99. The number of carbonyl (C=O) groups excluding carboxylic acids is 1. The summed E-state index contributed by atoms with van der Waals surface area (Å²) in [4.78, 5) is 12.3. The Kier molecular flexibility index (Phi) is 3.65. The molecular weight excluding hydrogens is 272 g/mol. The quantitative estimate of drug-likeness (QED) is 0.864. The van der Waals surface area contributed by atoms with Gasteiger partial charge in [0.05, 0.1) is 5.54 Å². The van der Waals surface area contributed by atoms with E-state index in [0.717, 1.165) is 29.7 Å². The van der Waals surface area contributed by atoms with E-state index >= 15 is 0 Å². The van der Waals surface area contributed by atoms with E-state index in [9.17, 15) is 4.79 Å². The monoisotopic (exact) mass is 294 g/mol. The number of benzene rings is 2. The first-order chi connectivity index (χ1) is 10.5. The van der Waals surface area contributed by atoms with E-state index in [2.05, 4.69) is 47.9 Å². The van der Waals surface area contributed by atoms with E-state index in [1.54, 1.807) is 0 Å². The van der Waals surface area contributed by atoms with Crippen LogP contribution in [0.5, 0.6) is 0 Å². The van der Waals surface area contributed by atoms with E-state index in [4.69, 9.17) is 0 Å². The molecule has 3 rings (SSSR count). The van der Waals surface area contributed by atoms with Crippen molar-refractivity contribution in [1.29, 1.82) is 0 Å². The molecule has 0 saturated heterocycles. The summed E-state index contributed by atoms with van der Waals surface area (Å²) in [5.41, 5.74) is 5.38. The second-order valence-electron chi connectivity index (χ2n) is 6.40. The van der Waals surface area contributed by atoms with Crippen molar-refractivity contribution in [1.82, 2.24) is 5.32 Å². The smallest absolute Gasteiger partial charge is 0.319 e. The lowest BCUT2D eigenvalue weighted by atomic mass is 10.0. The molecular formula is C19H22N2O. The minimum atomic E-state index is -0.184. The number of carbonyl (C=O) groups is 1. The van der Waals surface area contributed by atoms with Crippen molar-refractivity contribution in [3.63, 3.8) is 0 Å². The molecule has 0 unspecified atom stereocenters. The standard InChI is InChI=1S/C19H22N2O/c1-13-4-6-16(7-5-13)19(8-9-19)21-18(22)20-17-11-14(2)10-15(3)12-17/h4-7,10-12H,8-9H2,1-3H3,(H2,20,21,22). The summed E-state index contributed by atoms with van der Waals surface area (Å²) in [5.74, 6) is 0. The molecule has 114 valence electrons. The highest BCUT2D eigenvalue weighted by Gasteiger charge is 2.45. The Morgan fingerprint density at radius 1 is 0.909 bits per heavy atom. The van der Waals surface area contributed by atoms with Gasteiger partial charge >= 0.3 is 6.03 Å². The van der Waals surface area contributed by atoms with Crippen LogP contribution in [0.2, 0.25) is 0 Å². The van der Waals surface area contributed by atoms with Gasteiger partial charge in [0, 0.05) is 5.69 Å². The molecule has 1 aliphatic rings. The minimum Gasteiger partial charge on any atom is -0.328 e. The topological polar surface area (TPSA) is 41.1 Å². The number of amides is 2. The van der Waals surface area contributed by atoms with Crippen molar-refractivity contribution >= 4 is 11.7 Å². The van der Waals surface area contributed by atoms with Gasteiger partial charge in [-0.3, -0.25) is 0 Å². The van der Waals surface area contributed by atoms with Gasteiger partial charge in [-0.15, -0.1) is 0 Å². The largest absolute Gasteiger partial charge is 0.328 e. The molecule has 2 aromatic rings. The van der Waals surface area contributed by atoms with Gasteiger partial charge in [0.25, 0.3) is 0 Å². The number of urea groups is 1. The van der Waals surface area contributed by atoms with Gasteiger partial charge in [0.1, 0.15) is 0 Å². The normalized spacial score (nSPS) is 15.2. The van der Waals surface area contributed by atoms with Gasteiger partial charge in [0.15, 0.2) is 0 Å². The zero-order chi connectivity index (χ0) is 15.7. The van der Waals surface area contributed by atoms with Crippen molar-refractivity contribution in [2.75, 3.05) is 5.32 Å². The molecule has 1 aliphatic carbocycles. The molecule has 22 heavy (non-hydrogen) atoms. The van der Waals surface area contributed by atoms with Gasteiger partial charge in [0.2, 0.25) is 0 Å². The van der Waals surface area contributed by atoms with Crippen molar-refractivity contribution in [3.8, 4) is 0 Å². The SMILES string of the molecule is Cc1ccc(C2(NC(=O)Nc3cc(C)cc(C)c3)CC2)cc1. The second-order valence-corrected chi connectivity index (χ2v) is 6.40. The Hall–Kier alpha value is -2.29. The minimum absolute atomic E-state index is 0.136. The third-order valence-electron chi connectivity index (χ3n) is 4.19. The van der Waals surface area contributed by atoms with Gasteiger partial charge < -0.3 is 10.6 Å². The number of hydrogen-bond acceptors (Lipinski definition) is 1. The average molecular weight is 294 g/mol. The van der Waals surface area contributed by atoms with Gasteiger partial charge in [-0.1, -0.05) is 35.9 Å². The predicted octanol–water partition coefficient (Wildman–Crippen LogP) is 4.42. The second kappa shape index (κ2) is 5.48. The maximum Gasteiger partial charge on any atom is 0.319 e. The molecule has 1 saturated carbocycles. The first-order valence-corrected chi connectivity index (χ1v) is 7.71. The summed E-state index contributed by atoms with van der Waals surface area (Å²) < 4.78 is 0. The molecule has 0 heterocycles. The van der Waals surface area contributed by atoms with Gasteiger partial charge in [-0.25, -0.2) is 4.79 Å². The number of rotatable bonds is 3. The molecule has 2 N–H and O–H groups in total. The summed E-state index contributed by atoms with van der Waals surface area (Å²) in [7, 11) is 0. The van der Waals surface area contributed by atoms with Crippen LogP contribution in [0.3, 0.4) is 0 Å². The molecule has 0 aromatic heterocycles. The molecule has 2 amide bonds. The van der Waals surface area contributed by atoms with E-state index in [0.29, 0.717) is 0 Å².